The summed E-state index contributed by atoms with van der Waals surface area (Å²) in [4.78, 5) is 25.3. The number of ether oxygens (including phenoxy) is 1. The van der Waals surface area contributed by atoms with Gasteiger partial charge < -0.3 is 9.64 Å². The lowest BCUT2D eigenvalue weighted by Crippen LogP contribution is -2.43. The number of carbonyl (C=O) groups is 2. The number of hydrogen-bond acceptors (Lipinski definition) is 4. The number of piperidine rings is 1. The summed E-state index contributed by atoms with van der Waals surface area (Å²) in [6.45, 7) is 1.17. The molecule has 2 heterocycles. The van der Waals surface area contributed by atoms with E-state index in [1.165, 1.54) is 7.11 Å². The fourth-order valence-corrected chi connectivity index (χ4v) is 2.22. The largest absolute Gasteiger partial charge is 0.469 e. The second kappa shape index (κ2) is 5.66. The van der Waals surface area contributed by atoms with E-state index >= 15 is 0 Å². The van der Waals surface area contributed by atoms with Crippen molar-refractivity contribution in [3.05, 3.63) is 18.0 Å². The van der Waals surface area contributed by atoms with Gasteiger partial charge in [0.05, 0.1) is 19.4 Å². The maximum absolute atomic E-state index is 12.0. The summed E-state index contributed by atoms with van der Waals surface area (Å²) in [6.07, 6.45) is 3.55. The van der Waals surface area contributed by atoms with Crippen LogP contribution in [0.2, 0.25) is 0 Å². The normalized spacial score (nSPS) is 19.6. The molecule has 6 heteroatoms. The summed E-state index contributed by atoms with van der Waals surface area (Å²) in [5, 5.41) is 6.57. The lowest BCUT2D eigenvalue weighted by Gasteiger charge is -2.31. The van der Waals surface area contributed by atoms with Gasteiger partial charge in [0, 0.05) is 25.0 Å². The number of aromatic amines is 1. The highest BCUT2D eigenvalue weighted by Crippen LogP contribution is 2.18. The smallest absolute Gasteiger partial charge is 0.310 e. The summed E-state index contributed by atoms with van der Waals surface area (Å²) in [7, 11) is 1.38. The minimum Gasteiger partial charge on any atom is -0.469 e. The molecule has 1 aliphatic rings. The standard InChI is InChI=1S/C12H17N3O3/c1-18-12(17)9-3-2-6-15(8-9)11(16)7-10-4-5-13-14-10/h4-5,9H,2-3,6-8H2,1H3,(H,13,14)/t9-/m0/s1. The zero-order chi connectivity index (χ0) is 13.0. The Morgan fingerprint density at radius 2 is 2.44 bits per heavy atom. The second-order valence-electron chi connectivity index (χ2n) is 4.46. The van der Waals surface area contributed by atoms with E-state index in [0.29, 0.717) is 19.5 Å². The van der Waals surface area contributed by atoms with Gasteiger partial charge in [0.2, 0.25) is 5.91 Å². The first-order valence-corrected chi connectivity index (χ1v) is 6.04. The Bertz CT molecular complexity index is 416. The number of carbonyl (C=O) groups excluding carboxylic acids is 2. The van der Waals surface area contributed by atoms with Crippen molar-refractivity contribution < 1.29 is 14.3 Å². The molecule has 0 saturated carbocycles. The summed E-state index contributed by atoms with van der Waals surface area (Å²) in [5.74, 6) is -0.392. The van der Waals surface area contributed by atoms with Crippen LogP contribution >= 0.6 is 0 Å². The summed E-state index contributed by atoms with van der Waals surface area (Å²) in [5.41, 5.74) is 0.792. The molecule has 0 unspecified atom stereocenters. The van der Waals surface area contributed by atoms with Crippen molar-refractivity contribution in [1.29, 1.82) is 0 Å². The Hall–Kier alpha value is -1.85. The number of likely N-dealkylation sites (tertiary alicyclic amines) is 1. The number of nitrogens with one attached hydrogen (secondary N) is 1. The van der Waals surface area contributed by atoms with Crippen molar-refractivity contribution in [2.24, 2.45) is 5.92 Å². The Morgan fingerprint density at radius 3 is 3.11 bits per heavy atom. The average molecular weight is 251 g/mol. The number of nitrogens with zero attached hydrogens (tertiary/aromatic N) is 2. The van der Waals surface area contributed by atoms with E-state index in [9.17, 15) is 9.59 Å². The van der Waals surface area contributed by atoms with Gasteiger partial charge in [-0.05, 0) is 18.9 Å². The summed E-state index contributed by atoms with van der Waals surface area (Å²) < 4.78 is 4.73. The van der Waals surface area contributed by atoms with Gasteiger partial charge in [0.15, 0.2) is 0 Å². The SMILES string of the molecule is COC(=O)[C@H]1CCCN(C(=O)Cc2ccn[nH]2)C1. The Labute approximate surface area is 105 Å². The molecule has 98 valence electrons. The van der Waals surface area contributed by atoms with E-state index in [1.807, 2.05) is 0 Å². The highest BCUT2D eigenvalue weighted by Gasteiger charge is 2.28. The lowest BCUT2D eigenvalue weighted by atomic mass is 9.98. The third kappa shape index (κ3) is 2.88. The van der Waals surface area contributed by atoms with Gasteiger partial charge in [-0.25, -0.2) is 0 Å². The van der Waals surface area contributed by atoms with Crippen LogP contribution in [0.15, 0.2) is 12.3 Å². The lowest BCUT2D eigenvalue weighted by molar-refractivity contribution is -0.148. The molecule has 0 bridgehead atoms. The van der Waals surface area contributed by atoms with E-state index < -0.39 is 0 Å². The van der Waals surface area contributed by atoms with Crippen LogP contribution in [0.4, 0.5) is 0 Å². The first-order valence-electron chi connectivity index (χ1n) is 6.04. The Kier molecular flexibility index (Phi) is 3.96. The van der Waals surface area contributed by atoms with E-state index in [4.69, 9.17) is 4.74 Å². The van der Waals surface area contributed by atoms with Crippen LogP contribution in [-0.4, -0.2) is 47.2 Å². The predicted molar refractivity (Wildman–Crippen MR) is 63.6 cm³/mol. The molecule has 6 nitrogen and oxygen atoms in total. The third-order valence-corrected chi connectivity index (χ3v) is 3.21. The zero-order valence-corrected chi connectivity index (χ0v) is 10.4. The molecule has 1 aromatic heterocycles. The van der Waals surface area contributed by atoms with Crippen LogP contribution in [0.3, 0.4) is 0 Å². The molecule has 1 saturated heterocycles. The number of methoxy groups -OCH3 is 1. The molecular weight excluding hydrogens is 234 g/mol. The molecule has 0 aliphatic carbocycles. The topological polar surface area (TPSA) is 75.3 Å². The highest BCUT2D eigenvalue weighted by molar-refractivity contribution is 5.80. The first kappa shape index (κ1) is 12.6. The number of esters is 1. The molecule has 1 amide bonds. The molecule has 1 fully saturated rings. The van der Waals surface area contributed by atoms with Gasteiger partial charge in [-0.3, -0.25) is 14.7 Å². The molecule has 18 heavy (non-hydrogen) atoms. The monoisotopic (exact) mass is 251 g/mol. The first-order chi connectivity index (χ1) is 8.70. The van der Waals surface area contributed by atoms with Crippen molar-refractivity contribution in [3.63, 3.8) is 0 Å². The van der Waals surface area contributed by atoms with Gasteiger partial charge in [-0.1, -0.05) is 0 Å². The average Bonchev–Trinajstić information content (AvgIpc) is 2.90. The predicted octanol–water partition coefficient (Wildman–Crippen LogP) is 0.364. The minimum absolute atomic E-state index is 0.0212. The maximum atomic E-state index is 12.0. The second-order valence-corrected chi connectivity index (χ2v) is 4.46. The van der Waals surface area contributed by atoms with Gasteiger partial charge in [-0.2, -0.15) is 5.10 Å². The Balaban J connectivity index is 1.92. The minimum atomic E-state index is -0.228. The van der Waals surface area contributed by atoms with Crippen LogP contribution in [0.5, 0.6) is 0 Å². The summed E-state index contributed by atoms with van der Waals surface area (Å²) in [6, 6.07) is 1.78. The summed E-state index contributed by atoms with van der Waals surface area (Å²) >= 11 is 0. The van der Waals surface area contributed by atoms with Crippen LogP contribution < -0.4 is 0 Å². The van der Waals surface area contributed by atoms with E-state index in [1.54, 1.807) is 17.2 Å². The van der Waals surface area contributed by atoms with Gasteiger partial charge in [0.1, 0.15) is 0 Å². The molecule has 0 radical (unpaired) electrons. The number of rotatable bonds is 3. The molecule has 1 aromatic rings. The maximum Gasteiger partial charge on any atom is 0.310 e. The molecule has 1 N–H and O–H groups in total. The molecule has 0 spiro atoms. The third-order valence-electron chi connectivity index (χ3n) is 3.21. The van der Waals surface area contributed by atoms with E-state index in [-0.39, 0.29) is 17.8 Å². The van der Waals surface area contributed by atoms with Crippen molar-refractivity contribution in [1.82, 2.24) is 15.1 Å². The van der Waals surface area contributed by atoms with Crippen molar-refractivity contribution in [2.45, 2.75) is 19.3 Å². The number of aromatic nitrogens is 2. The number of hydrogen-bond donors (Lipinski definition) is 1. The molecular formula is C12H17N3O3. The van der Waals surface area contributed by atoms with Crippen LogP contribution in [0.1, 0.15) is 18.5 Å². The fourth-order valence-electron chi connectivity index (χ4n) is 2.22. The quantitative estimate of drug-likeness (QED) is 0.787. The molecule has 1 aliphatic heterocycles. The van der Waals surface area contributed by atoms with Crippen molar-refractivity contribution in [3.8, 4) is 0 Å². The van der Waals surface area contributed by atoms with Crippen LogP contribution in [-0.2, 0) is 20.7 Å². The van der Waals surface area contributed by atoms with Crippen LogP contribution in [0, 0.1) is 5.92 Å². The fraction of sp³-hybridized carbons (Fsp3) is 0.583. The number of H-pyrrole nitrogens is 1. The molecule has 0 aromatic carbocycles. The van der Waals surface area contributed by atoms with Crippen LogP contribution in [0.25, 0.3) is 0 Å². The molecule has 1 atom stereocenters. The van der Waals surface area contributed by atoms with Crippen molar-refractivity contribution >= 4 is 11.9 Å². The van der Waals surface area contributed by atoms with Gasteiger partial charge in [0.25, 0.3) is 0 Å². The van der Waals surface area contributed by atoms with E-state index in [0.717, 1.165) is 18.5 Å². The Morgan fingerprint density at radius 1 is 1.61 bits per heavy atom. The van der Waals surface area contributed by atoms with Gasteiger partial charge >= 0.3 is 5.97 Å². The zero-order valence-electron chi connectivity index (χ0n) is 10.4. The number of amides is 1. The molecule has 2 rings (SSSR count). The van der Waals surface area contributed by atoms with Gasteiger partial charge in [-0.15, -0.1) is 0 Å². The van der Waals surface area contributed by atoms with E-state index in [2.05, 4.69) is 10.2 Å². The highest BCUT2D eigenvalue weighted by atomic mass is 16.5. The van der Waals surface area contributed by atoms with Crippen molar-refractivity contribution in [2.75, 3.05) is 20.2 Å².